The first kappa shape index (κ1) is 10.3. The summed E-state index contributed by atoms with van der Waals surface area (Å²) in [5, 5.41) is -0.351. The lowest BCUT2D eigenvalue weighted by Gasteiger charge is -2.32. The first-order valence-corrected chi connectivity index (χ1v) is 6.08. The molecule has 80 valence electrons. The standard InChI is InChI=1S/C11H18ClNO/c1-8(12)11(14)13-7-6-9-4-2-3-5-10(9)13/h8-10H,2-7H2,1H3. The molecule has 0 spiro atoms. The summed E-state index contributed by atoms with van der Waals surface area (Å²) in [6.07, 6.45) is 6.33. The normalized spacial score (nSPS) is 34.0. The van der Waals surface area contributed by atoms with Crippen molar-refractivity contribution in [1.29, 1.82) is 0 Å². The molecule has 0 radical (unpaired) electrons. The van der Waals surface area contributed by atoms with Gasteiger partial charge in [0, 0.05) is 12.6 Å². The van der Waals surface area contributed by atoms with Crippen molar-refractivity contribution in [2.45, 2.75) is 50.4 Å². The zero-order valence-corrected chi connectivity index (χ0v) is 9.46. The molecule has 3 unspecified atom stereocenters. The molecule has 2 rings (SSSR count). The van der Waals surface area contributed by atoms with Crippen molar-refractivity contribution < 1.29 is 4.79 Å². The number of alkyl halides is 1. The van der Waals surface area contributed by atoms with Gasteiger partial charge in [-0.15, -0.1) is 11.6 Å². The fourth-order valence-corrected chi connectivity index (χ4v) is 3.03. The minimum atomic E-state index is -0.351. The molecular formula is C11H18ClNO. The number of fused-ring (bicyclic) bond motifs is 1. The van der Waals surface area contributed by atoms with Gasteiger partial charge in [-0.25, -0.2) is 0 Å². The van der Waals surface area contributed by atoms with Crippen LogP contribution in [0, 0.1) is 5.92 Å². The van der Waals surface area contributed by atoms with E-state index in [0.29, 0.717) is 6.04 Å². The molecule has 3 atom stereocenters. The molecule has 2 nitrogen and oxygen atoms in total. The Labute approximate surface area is 90.6 Å². The number of hydrogen-bond donors (Lipinski definition) is 0. The minimum absolute atomic E-state index is 0.140. The Hall–Kier alpha value is -0.240. The highest BCUT2D eigenvalue weighted by atomic mass is 35.5. The highest BCUT2D eigenvalue weighted by Gasteiger charge is 2.38. The van der Waals surface area contributed by atoms with Crippen molar-refractivity contribution >= 4 is 17.5 Å². The van der Waals surface area contributed by atoms with Crippen molar-refractivity contribution in [2.75, 3.05) is 6.54 Å². The molecule has 1 amide bonds. The molecule has 0 aromatic carbocycles. The van der Waals surface area contributed by atoms with E-state index in [1.165, 1.54) is 32.1 Å². The minimum Gasteiger partial charge on any atom is -0.338 e. The van der Waals surface area contributed by atoms with Crippen LogP contribution in [-0.4, -0.2) is 28.8 Å². The first-order valence-electron chi connectivity index (χ1n) is 5.64. The average molecular weight is 216 g/mol. The Morgan fingerprint density at radius 1 is 1.36 bits per heavy atom. The number of carbonyl (C=O) groups excluding carboxylic acids is 1. The van der Waals surface area contributed by atoms with E-state index in [1.807, 2.05) is 4.90 Å². The average Bonchev–Trinajstić information content (AvgIpc) is 2.60. The molecule has 0 N–H and O–H groups in total. The summed E-state index contributed by atoms with van der Waals surface area (Å²) in [5.41, 5.74) is 0. The van der Waals surface area contributed by atoms with E-state index in [0.717, 1.165) is 12.5 Å². The number of likely N-dealkylation sites (tertiary alicyclic amines) is 1. The first-order chi connectivity index (χ1) is 6.70. The Morgan fingerprint density at radius 2 is 2.07 bits per heavy atom. The summed E-state index contributed by atoms with van der Waals surface area (Å²) in [7, 11) is 0. The van der Waals surface area contributed by atoms with Crippen LogP contribution < -0.4 is 0 Å². The number of halogens is 1. The molecule has 0 bridgehead atoms. The van der Waals surface area contributed by atoms with Crippen LogP contribution in [0.2, 0.25) is 0 Å². The van der Waals surface area contributed by atoms with Crippen LogP contribution in [0.1, 0.15) is 39.0 Å². The maximum atomic E-state index is 11.8. The van der Waals surface area contributed by atoms with Crippen molar-refractivity contribution in [3.8, 4) is 0 Å². The van der Waals surface area contributed by atoms with Gasteiger partial charge in [0.15, 0.2) is 0 Å². The molecule has 3 heteroatoms. The Morgan fingerprint density at radius 3 is 2.79 bits per heavy atom. The third kappa shape index (κ3) is 1.77. The van der Waals surface area contributed by atoms with Crippen molar-refractivity contribution in [3.63, 3.8) is 0 Å². The van der Waals surface area contributed by atoms with E-state index in [4.69, 9.17) is 11.6 Å². The van der Waals surface area contributed by atoms with E-state index in [9.17, 15) is 4.79 Å². The predicted molar refractivity (Wildman–Crippen MR) is 57.4 cm³/mol. The third-order valence-corrected chi connectivity index (χ3v) is 3.82. The van der Waals surface area contributed by atoms with Crippen LogP contribution in [0.3, 0.4) is 0 Å². The summed E-state index contributed by atoms with van der Waals surface area (Å²) in [5.74, 6) is 0.907. The second-order valence-corrected chi connectivity index (χ2v) is 5.20. The van der Waals surface area contributed by atoms with Gasteiger partial charge in [0.2, 0.25) is 5.91 Å². The van der Waals surface area contributed by atoms with Gasteiger partial charge in [-0.1, -0.05) is 12.8 Å². The van der Waals surface area contributed by atoms with Gasteiger partial charge in [0.25, 0.3) is 0 Å². The summed E-state index contributed by atoms with van der Waals surface area (Å²) in [4.78, 5) is 13.8. The fourth-order valence-electron chi connectivity index (χ4n) is 2.91. The van der Waals surface area contributed by atoms with E-state index < -0.39 is 0 Å². The van der Waals surface area contributed by atoms with E-state index in [2.05, 4.69) is 0 Å². The molecule has 0 aromatic rings. The molecular weight excluding hydrogens is 198 g/mol. The number of carbonyl (C=O) groups is 1. The molecule has 14 heavy (non-hydrogen) atoms. The smallest absolute Gasteiger partial charge is 0.240 e. The van der Waals surface area contributed by atoms with Crippen LogP contribution in [0.25, 0.3) is 0 Å². The number of hydrogen-bond acceptors (Lipinski definition) is 1. The molecule has 0 aromatic heterocycles. The molecule has 2 fully saturated rings. The fraction of sp³-hybridized carbons (Fsp3) is 0.909. The Balaban J connectivity index is 2.03. The molecule has 1 saturated carbocycles. The molecule has 1 heterocycles. The van der Waals surface area contributed by atoms with E-state index >= 15 is 0 Å². The van der Waals surface area contributed by atoms with Gasteiger partial charge in [-0.3, -0.25) is 4.79 Å². The van der Waals surface area contributed by atoms with Crippen molar-refractivity contribution in [3.05, 3.63) is 0 Å². The SMILES string of the molecule is CC(Cl)C(=O)N1CCC2CCCCC21. The lowest BCUT2D eigenvalue weighted by Crippen LogP contribution is -2.42. The van der Waals surface area contributed by atoms with Crippen LogP contribution in [0.5, 0.6) is 0 Å². The molecule has 2 aliphatic rings. The lowest BCUT2D eigenvalue weighted by atomic mass is 9.85. The number of nitrogens with zero attached hydrogens (tertiary/aromatic N) is 1. The zero-order valence-electron chi connectivity index (χ0n) is 8.71. The summed E-state index contributed by atoms with van der Waals surface area (Å²) < 4.78 is 0. The largest absolute Gasteiger partial charge is 0.338 e. The molecule has 1 aliphatic carbocycles. The number of amides is 1. The maximum Gasteiger partial charge on any atom is 0.240 e. The summed E-state index contributed by atoms with van der Waals surface area (Å²) in [6, 6.07) is 0.512. The second kappa shape index (κ2) is 4.09. The van der Waals surface area contributed by atoms with Crippen LogP contribution in [-0.2, 0) is 4.79 Å². The lowest BCUT2D eigenvalue weighted by molar-refractivity contribution is -0.132. The van der Waals surface area contributed by atoms with Gasteiger partial charge in [-0.05, 0) is 32.1 Å². The van der Waals surface area contributed by atoms with E-state index in [-0.39, 0.29) is 11.3 Å². The zero-order chi connectivity index (χ0) is 10.1. The van der Waals surface area contributed by atoms with Gasteiger partial charge in [0.05, 0.1) is 0 Å². The Kier molecular flexibility index (Phi) is 3.01. The monoisotopic (exact) mass is 215 g/mol. The van der Waals surface area contributed by atoms with Crippen LogP contribution in [0.4, 0.5) is 0 Å². The topological polar surface area (TPSA) is 20.3 Å². The predicted octanol–water partition coefficient (Wildman–Crippen LogP) is 2.40. The van der Waals surface area contributed by atoms with Gasteiger partial charge in [0.1, 0.15) is 5.38 Å². The maximum absolute atomic E-state index is 11.8. The second-order valence-electron chi connectivity index (χ2n) is 4.55. The van der Waals surface area contributed by atoms with Gasteiger partial charge < -0.3 is 4.90 Å². The molecule has 1 aliphatic heterocycles. The highest BCUT2D eigenvalue weighted by Crippen LogP contribution is 2.36. The third-order valence-electron chi connectivity index (χ3n) is 3.63. The Bertz CT molecular complexity index is 229. The molecule has 1 saturated heterocycles. The van der Waals surface area contributed by atoms with Gasteiger partial charge in [-0.2, -0.15) is 0 Å². The quantitative estimate of drug-likeness (QED) is 0.616. The van der Waals surface area contributed by atoms with Crippen molar-refractivity contribution in [2.24, 2.45) is 5.92 Å². The van der Waals surface area contributed by atoms with Gasteiger partial charge >= 0.3 is 0 Å². The number of rotatable bonds is 1. The highest BCUT2D eigenvalue weighted by molar-refractivity contribution is 6.30. The summed E-state index contributed by atoms with van der Waals surface area (Å²) in [6.45, 7) is 2.71. The summed E-state index contributed by atoms with van der Waals surface area (Å²) >= 11 is 5.85. The van der Waals surface area contributed by atoms with Crippen LogP contribution >= 0.6 is 11.6 Å². The van der Waals surface area contributed by atoms with Crippen LogP contribution in [0.15, 0.2) is 0 Å². The van der Waals surface area contributed by atoms with Crippen molar-refractivity contribution in [1.82, 2.24) is 4.90 Å². The van der Waals surface area contributed by atoms with E-state index in [1.54, 1.807) is 6.92 Å².